The van der Waals surface area contributed by atoms with Gasteiger partial charge >= 0.3 is 0 Å². The van der Waals surface area contributed by atoms with E-state index in [1.807, 2.05) is 0 Å². The molecule has 0 aliphatic carbocycles. The third-order valence-corrected chi connectivity index (χ3v) is 2.95. The lowest BCUT2D eigenvalue weighted by Crippen LogP contribution is -2.40. The molecule has 1 heterocycles. The Bertz CT molecular complexity index is 264. The molecule has 0 aromatic carbocycles. The normalized spacial score (nSPS) is 14.1. The Morgan fingerprint density at radius 3 is 2.73 bits per heavy atom. The quantitative estimate of drug-likeness (QED) is 0.810. The molecule has 0 aliphatic rings. The van der Waals surface area contributed by atoms with Gasteiger partial charge in [-0.2, -0.15) is 11.3 Å². The van der Waals surface area contributed by atoms with Crippen molar-refractivity contribution in [1.82, 2.24) is 5.32 Å². The highest BCUT2D eigenvalue weighted by Gasteiger charge is 2.11. The zero-order valence-corrected chi connectivity index (χ0v) is 10.6. The number of β-amino-alcohol motifs (C(OH)–C–C–N with tert-alkyl or cyclic N) is 1. The first kappa shape index (κ1) is 12.7. The van der Waals surface area contributed by atoms with Gasteiger partial charge in [-0.3, -0.25) is 0 Å². The van der Waals surface area contributed by atoms with Crippen LogP contribution in [0.15, 0.2) is 16.8 Å². The largest absolute Gasteiger partial charge is 0.392 e. The molecular weight excluding hydrogens is 206 g/mol. The minimum absolute atomic E-state index is 0.0867. The molecule has 1 atom stereocenters. The average molecular weight is 227 g/mol. The molecule has 0 saturated carbocycles. The van der Waals surface area contributed by atoms with E-state index in [4.69, 9.17) is 0 Å². The zero-order valence-electron chi connectivity index (χ0n) is 9.79. The summed E-state index contributed by atoms with van der Waals surface area (Å²) in [7, 11) is 0. The smallest absolute Gasteiger partial charge is 0.0668 e. The van der Waals surface area contributed by atoms with Crippen molar-refractivity contribution in [3.8, 4) is 0 Å². The number of aliphatic hydroxyl groups is 1. The van der Waals surface area contributed by atoms with E-state index in [9.17, 15) is 5.11 Å². The second-order valence-electron chi connectivity index (χ2n) is 4.95. The fourth-order valence-electron chi connectivity index (χ4n) is 1.29. The number of aliphatic hydroxyl groups excluding tert-OH is 1. The first-order valence-electron chi connectivity index (χ1n) is 5.41. The number of rotatable bonds is 5. The lowest BCUT2D eigenvalue weighted by molar-refractivity contribution is 0.152. The van der Waals surface area contributed by atoms with Crippen LogP contribution in [0.25, 0.3) is 0 Å². The third kappa shape index (κ3) is 5.92. The molecule has 1 aromatic rings. The summed E-state index contributed by atoms with van der Waals surface area (Å²) in [5, 5.41) is 17.3. The van der Waals surface area contributed by atoms with Gasteiger partial charge in [-0.15, -0.1) is 0 Å². The highest BCUT2D eigenvalue weighted by molar-refractivity contribution is 7.07. The van der Waals surface area contributed by atoms with E-state index < -0.39 is 0 Å². The molecule has 0 saturated heterocycles. The maximum absolute atomic E-state index is 9.75. The molecule has 1 unspecified atom stereocenters. The van der Waals surface area contributed by atoms with Crippen molar-refractivity contribution >= 4 is 11.3 Å². The Morgan fingerprint density at radius 1 is 1.47 bits per heavy atom. The van der Waals surface area contributed by atoms with Crippen LogP contribution in [0.2, 0.25) is 0 Å². The Labute approximate surface area is 96.3 Å². The van der Waals surface area contributed by atoms with E-state index in [1.54, 1.807) is 11.3 Å². The number of hydrogen-bond donors (Lipinski definition) is 2. The molecule has 0 radical (unpaired) electrons. The summed E-state index contributed by atoms with van der Waals surface area (Å²) in [4.78, 5) is 0. The molecule has 0 fully saturated rings. The van der Waals surface area contributed by atoms with Gasteiger partial charge in [0, 0.05) is 12.1 Å². The fraction of sp³-hybridized carbons (Fsp3) is 0.667. The summed E-state index contributed by atoms with van der Waals surface area (Å²) in [6, 6.07) is 2.12. The molecule has 2 N–H and O–H groups in total. The van der Waals surface area contributed by atoms with Gasteiger partial charge in [-0.25, -0.2) is 0 Å². The van der Waals surface area contributed by atoms with Crippen LogP contribution in [0, 0.1) is 0 Å². The van der Waals surface area contributed by atoms with Crippen LogP contribution in [0.3, 0.4) is 0 Å². The second kappa shape index (κ2) is 5.64. The Hall–Kier alpha value is -0.380. The summed E-state index contributed by atoms with van der Waals surface area (Å²) in [6.07, 6.45) is 1.56. The van der Waals surface area contributed by atoms with E-state index in [0.717, 1.165) is 12.8 Å². The van der Waals surface area contributed by atoms with Gasteiger partial charge in [0.15, 0.2) is 0 Å². The van der Waals surface area contributed by atoms with E-state index >= 15 is 0 Å². The predicted molar refractivity (Wildman–Crippen MR) is 66.4 cm³/mol. The van der Waals surface area contributed by atoms with Gasteiger partial charge in [0.25, 0.3) is 0 Å². The van der Waals surface area contributed by atoms with Crippen molar-refractivity contribution < 1.29 is 5.11 Å². The number of thiophene rings is 1. The second-order valence-corrected chi connectivity index (χ2v) is 5.74. The average Bonchev–Trinajstić information content (AvgIpc) is 2.62. The Balaban J connectivity index is 2.16. The number of aryl methyl sites for hydroxylation is 1. The van der Waals surface area contributed by atoms with Gasteiger partial charge in [0.1, 0.15) is 0 Å². The third-order valence-electron chi connectivity index (χ3n) is 2.21. The molecule has 2 nitrogen and oxygen atoms in total. The van der Waals surface area contributed by atoms with Crippen molar-refractivity contribution in [2.45, 2.75) is 45.3 Å². The maximum atomic E-state index is 9.75. The van der Waals surface area contributed by atoms with Crippen LogP contribution < -0.4 is 5.32 Å². The lowest BCUT2D eigenvalue weighted by atomic mass is 10.1. The van der Waals surface area contributed by atoms with Gasteiger partial charge in [-0.05, 0) is 56.0 Å². The minimum atomic E-state index is -0.246. The predicted octanol–water partition coefficient (Wildman–Crippen LogP) is 2.43. The van der Waals surface area contributed by atoms with Gasteiger partial charge in [-0.1, -0.05) is 0 Å². The molecule has 86 valence electrons. The Morgan fingerprint density at radius 2 is 2.20 bits per heavy atom. The van der Waals surface area contributed by atoms with E-state index in [0.29, 0.717) is 6.54 Å². The summed E-state index contributed by atoms with van der Waals surface area (Å²) >= 11 is 1.71. The molecule has 0 bridgehead atoms. The van der Waals surface area contributed by atoms with Gasteiger partial charge in [0.05, 0.1) is 6.10 Å². The molecule has 1 rings (SSSR count). The molecule has 1 aromatic heterocycles. The molecule has 0 spiro atoms. The minimum Gasteiger partial charge on any atom is -0.392 e. The van der Waals surface area contributed by atoms with Crippen LogP contribution in [-0.2, 0) is 6.42 Å². The van der Waals surface area contributed by atoms with Crippen molar-refractivity contribution in [3.63, 3.8) is 0 Å². The van der Waals surface area contributed by atoms with Crippen molar-refractivity contribution in [1.29, 1.82) is 0 Å². The van der Waals surface area contributed by atoms with Crippen LogP contribution in [-0.4, -0.2) is 23.3 Å². The van der Waals surface area contributed by atoms with Gasteiger partial charge in [0.2, 0.25) is 0 Å². The van der Waals surface area contributed by atoms with Crippen LogP contribution in [0.4, 0.5) is 0 Å². The first-order valence-corrected chi connectivity index (χ1v) is 6.36. The summed E-state index contributed by atoms with van der Waals surface area (Å²) < 4.78 is 0. The SMILES string of the molecule is CC(C)(C)NCC(O)CCc1ccsc1. The summed E-state index contributed by atoms with van der Waals surface area (Å²) in [5.41, 5.74) is 1.42. The van der Waals surface area contributed by atoms with E-state index in [2.05, 4.69) is 42.9 Å². The number of hydrogen-bond acceptors (Lipinski definition) is 3. The summed E-state index contributed by atoms with van der Waals surface area (Å²) in [5.74, 6) is 0. The first-order chi connectivity index (χ1) is 6.97. The highest BCUT2D eigenvalue weighted by atomic mass is 32.1. The molecular formula is C12H21NOS. The van der Waals surface area contributed by atoms with E-state index in [-0.39, 0.29) is 11.6 Å². The molecule has 15 heavy (non-hydrogen) atoms. The van der Waals surface area contributed by atoms with Crippen molar-refractivity contribution in [2.75, 3.05) is 6.54 Å². The standard InChI is InChI=1S/C12H21NOS/c1-12(2,3)13-8-11(14)5-4-10-6-7-15-9-10/h6-7,9,11,13-14H,4-5,8H2,1-3H3. The monoisotopic (exact) mass is 227 g/mol. The van der Waals surface area contributed by atoms with Crippen molar-refractivity contribution in [3.05, 3.63) is 22.4 Å². The fourth-order valence-corrected chi connectivity index (χ4v) is 2.00. The highest BCUT2D eigenvalue weighted by Crippen LogP contribution is 2.10. The van der Waals surface area contributed by atoms with Crippen molar-refractivity contribution in [2.24, 2.45) is 0 Å². The van der Waals surface area contributed by atoms with Gasteiger partial charge < -0.3 is 10.4 Å². The van der Waals surface area contributed by atoms with Crippen LogP contribution in [0.1, 0.15) is 32.8 Å². The van der Waals surface area contributed by atoms with Crippen LogP contribution >= 0.6 is 11.3 Å². The summed E-state index contributed by atoms with van der Waals surface area (Å²) in [6.45, 7) is 7.00. The topological polar surface area (TPSA) is 32.3 Å². The Kier molecular flexibility index (Phi) is 4.77. The van der Waals surface area contributed by atoms with E-state index in [1.165, 1.54) is 5.56 Å². The lowest BCUT2D eigenvalue weighted by Gasteiger charge is -2.22. The molecule has 0 amide bonds. The number of nitrogens with one attached hydrogen (secondary N) is 1. The maximum Gasteiger partial charge on any atom is 0.0668 e. The van der Waals surface area contributed by atoms with Crippen LogP contribution in [0.5, 0.6) is 0 Å². The zero-order chi connectivity index (χ0) is 11.3. The molecule has 0 aliphatic heterocycles. The molecule has 3 heteroatoms.